The van der Waals surface area contributed by atoms with E-state index in [2.05, 4.69) is 159 Å². The molecule has 7 aromatic rings. The molecular weight excluding hydrogens is 655 g/mol. The first kappa shape index (κ1) is 34.7. The summed E-state index contributed by atoms with van der Waals surface area (Å²) in [5.74, 6) is 0. The molecule has 2 aliphatic rings. The fourth-order valence-corrected chi connectivity index (χ4v) is 9.66. The predicted octanol–water partition coefficient (Wildman–Crippen LogP) is 14.5. The molecule has 0 radical (unpaired) electrons. The Morgan fingerprint density at radius 1 is 0.444 bits per heavy atom. The Hall–Kier alpha value is -5.08. The van der Waals surface area contributed by atoms with Gasteiger partial charge in [-0.15, -0.1) is 0 Å². The molecule has 0 spiro atoms. The number of para-hydroxylation sites is 1. The Kier molecular flexibility index (Phi) is 7.68. The Morgan fingerprint density at radius 3 is 1.39 bits per heavy atom. The monoisotopic (exact) mass is 707 g/mol. The zero-order valence-corrected chi connectivity index (χ0v) is 33.3. The van der Waals surface area contributed by atoms with Crippen molar-refractivity contribution in [2.75, 3.05) is 5.73 Å². The van der Waals surface area contributed by atoms with Gasteiger partial charge in [0.2, 0.25) is 0 Å². The average Bonchev–Trinajstić information content (AvgIpc) is 3.56. The zero-order chi connectivity index (χ0) is 37.8. The van der Waals surface area contributed by atoms with E-state index in [4.69, 9.17) is 10.2 Å². The molecule has 0 aliphatic heterocycles. The van der Waals surface area contributed by atoms with Crippen LogP contribution in [0.25, 0.3) is 66.4 Å². The summed E-state index contributed by atoms with van der Waals surface area (Å²) in [4.78, 5) is 0. The second-order valence-electron chi connectivity index (χ2n) is 18.9. The number of benzene rings is 6. The van der Waals surface area contributed by atoms with Crippen LogP contribution < -0.4 is 5.73 Å². The van der Waals surface area contributed by atoms with Crippen molar-refractivity contribution in [1.29, 1.82) is 0 Å². The van der Waals surface area contributed by atoms with Crippen molar-refractivity contribution in [3.8, 4) is 44.5 Å². The van der Waals surface area contributed by atoms with Crippen LogP contribution in [0.15, 0.2) is 120 Å². The maximum atomic E-state index is 6.84. The minimum Gasteiger partial charge on any atom is -0.454 e. The number of furan rings is 1. The minimum absolute atomic E-state index is 0.163. The van der Waals surface area contributed by atoms with Crippen LogP contribution in [-0.4, -0.2) is 0 Å². The standard InChI is InChI=1S/C52H53NO/c1-49(2)25-27-51(5,6)42-29-36(21-23-40(42)49)32-13-17-34(18-14-32)39-31-44(53)48-47(38-11-9-10-12-45(38)54-48)46(39)35-19-15-33(16-20-35)37-22-24-41-43(30-37)52(7,8)28-26-50(41,3)4/h9-24,29-31H,25-28,53H2,1-8H3. The van der Waals surface area contributed by atoms with Crippen molar-refractivity contribution >= 4 is 27.6 Å². The van der Waals surface area contributed by atoms with E-state index < -0.39 is 0 Å². The SMILES string of the molecule is CC1(C)CCC(C)(C)c2cc(-c3ccc(-c4cc(N)c5oc6ccccc6c5c4-c4ccc(-c5ccc6c(c5)C(C)(C)CCC6(C)C)cc4)cc3)ccc21. The van der Waals surface area contributed by atoms with Gasteiger partial charge in [-0.25, -0.2) is 0 Å². The molecule has 0 atom stereocenters. The third-order valence-corrected chi connectivity index (χ3v) is 13.4. The lowest BCUT2D eigenvalue weighted by molar-refractivity contribution is 0.332. The predicted molar refractivity (Wildman–Crippen MR) is 230 cm³/mol. The lowest BCUT2D eigenvalue weighted by atomic mass is 9.63. The van der Waals surface area contributed by atoms with Crippen molar-refractivity contribution in [1.82, 2.24) is 0 Å². The maximum Gasteiger partial charge on any atom is 0.158 e. The Labute approximate surface area is 321 Å². The van der Waals surface area contributed by atoms with Crippen molar-refractivity contribution in [3.63, 3.8) is 0 Å². The topological polar surface area (TPSA) is 39.2 Å². The second-order valence-corrected chi connectivity index (χ2v) is 18.9. The van der Waals surface area contributed by atoms with Crippen LogP contribution in [-0.2, 0) is 21.7 Å². The first-order chi connectivity index (χ1) is 25.6. The number of anilines is 1. The van der Waals surface area contributed by atoms with Gasteiger partial charge in [-0.05, 0) is 121 Å². The molecule has 2 nitrogen and oxygen atoms in total. The molecule has 54 heavy (non-hydrogen) atoms. The molecular formula is C52H53NO. The lowest BCUT2D eigenvalue weighted by Gasteiger charge is -2.42. The van der Waals surface area contributed by atoms with Crippen LogP contribution in [0.4, 0.5) is 5.69 Å². The van der Waals surface area contributed by atoms with Gasteiger partial charge >= 0.3 is 0 Å². The summed E-state index contributed by atoms with van der Waals surface area (Å²) < 4.78 is 6.45. The third-order valence-electron chi connectivity index (χ3n) is 13.4. The highest BCUT2D eigenvalue weighted by Crippen LogP contribution is 2.50. The number of hydrogen-bond donors (Lipinski definition) is 1. The summed E-state index contributed by atoms with van der Waals surface area (Å²) in [5.41, 5.74) is 25.3. The molecule has 1 aromatic heterocycles. The Bertz CT molecular complexity index is 2590. The fraction of sp³-hybridized carbons (Fsp3) is 0.308. The van der Waals surface area contributed by atoms with Crippen LogP contribution in [0.5, 0.6) is 0 Å². The van der Waals surface area contributed by atoms with Gasteiger partial charge < -0.3 is 10.2 Å². The van der Waals surface area contributed by atoms with E-state index in [1.165, 1.54) is 70.2 Å². The third kappa shape index (κ3) is 5.52. The van der Waals surface area contributed by atoms with Gasteiger partial charge in [-0.2, -0.15) is 0 Å². The zero-order valence-electron chi connectivity index (χ0n) is 33.3. The molecule has 0 bridgehead atoms. The summed E-state index contributed by atoms with van der Waals surface area (Å²) >= 11 is 0. The molecule has 272 valence electrons. The van der Waals surface area contributed by atoms with Crippen LogP contribution >= 0.6 is 0 Å². The summed E-state index contributed by atoms with van der Waals surface area (Å²) in [6, 6.07) is 42.9. The van der Waals surface area contributed by atoms with Crippen LogP contribution in [0.3, 0.4) is 0 Å². The van der Waals surface area contributed by atoms with Gasteiger partial charge in [-0.1, -0.05) is 159 Å². The first-order valence-corrected chi connectivity index (χ1v) is 19.9. The molecule has 0 fully saturated rings. The van der Waals surface area contributed by atoms with E-state index >= 15 is 0 Å². The van der Waals surface area contributed by atoms with E-state index in [-0.39, 0.29) is 21.7 Å². The van der Waals surface area contributed by atoms with Crippen molar-refractivity contribution < 1.29 is 4.42 Å². The largest absolute Gasteiger partial charge is 0.454 e. The number of nitrogen functional groups attached to an aromatic ring is 1. The van der Waals surface area contributed by atoms with Gasteiger partial charge in [0.1, 0.15) is 5.58 Å². The number of rotatable bonds is 4. The summed E-state index contributed by atoms with van der Waals surface area (Å²) in [6.07, 6.45) is 4.84. The molecule has 2 heteroatoms. The quantitative estimate of drug-likeness (QED) is 0.185. The van der Waals surface area contributed by atoms with Gasteiger partial charge in [0.15, 0.2) is 5.58 Å². The van der Waals surface area contributed by atoms with E-state index in [1.54, 1.807) is 0 Å². The minimum atomic E-state index is 0.163. The van der Waals surface area contributed by atoms with Crippen molar-refractivity contribution in [2.24, 2.45) is 0 Å². The highest BCUT2D eigenvalue weighted by Gasteiger charge is 2.38. The molecule has 2 N–H and O–H groups in total. The highest BCUT2D eigenvalue weighted by molar-refractivity contribution is 6.19. The Balaban J connectivity index is 1.16. The van der Waals surface area contributed by atoms with Crippen LogP contribution in [0, 0.1) is 0 Å². The fourth-order valence-electron chi connectivity index (χ4n) is 9.66. The van der Waals surface area contributed by atoms with Crippen LogP contribution in [0.1, 0.15) is 103 Å². The van der Waals surface area contributed by atoms with Gasteiger partial charge in [-0.3, -0.25) is 0 Å². The number of nitrogens with two attached hydrogens (primary N) is 1. The summed E-state index contributed by atoms with van der Waals surface area (Å²) in [5, 5.41) is 2.14. The highest BCUT2D eigenvalue weighted by atomic mass is 16.3. The molecule has 9 rings (SSSR count). The number of hydrogen-bond acceptors (Lipinski definition) is 2. The Morgan fingerprint density at radius 2 is 0.870 bits per heavy atom. The second kappa shape index (κ2) is 12.0. The van der Waals surface area contributed by atoms with E-state index in [9.17, 15) is 0 Å². The maximum absolute atomic E-state index is 6.84. The van der Waals surface area contributed by atoms with Crippen molar-refractivity contribution in [2.45, 2.75) is 103 Å². The lowest BCUT2D eigenvalue weighted by Crippen LogP contribution is -2.33. The average molecular weight is 708 g/mol. The molecule has 0 saturated carbocycles. The molecule has 2 aliphatic carbocycles. The molecule has 0 amide bonds. The first-order valence-electron chi connectivity index (χ1n) is 19.9. The van der Waals surface area contributed by atoms with Gasteiger partial charge in [0.25, 0.3) is 0 Å². The van der Waals surface area contributed by atoms with E-state index in [0.717, 1.165) is 44.2 Å². The van der Waals surface area contributed by atoms with E-state index in [1.807, 2.05) is 12.1 Å². The normalized spacial score (nSPS) is 18.0. The molecule has 0 unspecified atom stereocenters. The summed E-state index contributed by atoms with van der Waals surface area (Å²) in [6.45, 7) is 19.2. The summed E-state index contributed by atoms with van der Waals surface area (Å²) in [7, 11) is 0. The van der Waals surface area contributed by atoms with Crippen molar-refractivity contribution in [3.05, 3.63) is 138 Å². The van der Waals surface area contributed by atoms with E-state index in [0.29, 0.717) is 5.69 Å². The smallest absolute Gasteiger partial charge is 0.158 e. The number of fused-ring (bicyclic) bond motifs is 5. The molecule has 6 aromatic carbocycles. The van der Waals surface area contributed by atoms with Gasteiger partial charge in [0.05, 0.1) is 5.69 Å². The van der Waals surface area contributed by atoms with Crippen LogP contribution in [0.2, 0.25) is 0 Å². The molecule has 1 heterocycles. The molecule has 0 saturated heterocycles. The van der Waals surface area contributed by atoms with Gasteiger partial charge in [0, 0.05) is 16.3 Å².